The zero-order valence-electron chi connectivity index (χ0n) is 11.1. The molecular weight excluding hydrogens is 230 g/mol. The average Bonchev–Trinajstić information content (AvgIpc) is 2.76. The summed E-state index contributed by atoms with van der Waals surface area (Å²) in [5.41, 5.74) is 0. The van der Waals surface area contributed by atoms with Crippen molar-refractivity contribution in [1.29, 1.82) is 0 Å². The summed E-state index contributed by atoms with van der Waals surface area (Å²) in [7, 11) is 0. The molecule has 96 valence electrons. The standard InChI is InChI=1S/C13H23N3S/c1-4-14-12-5-7-16(8-6-12)11(3)13-15-9-10(2)17-13/h9,11-12,14H,4-8H2,1-3H3. The van der Waals surface area contributed by atoms with Gasteiger partial charge in [-0.1, -0.05) is 6.92 Å². The summed E-state index contributed by atoms with van der Waals surface area (Å²) >= 11 is 1.83. The van der Waals surface area contributed by atoms with Crippen molar-refractivity contribution in [3.63, 3.8) is 0 Å². The third-order valence-electron chi connectivity index (χ3n) is 3.57. The lowest BCUT2D eigenvalue weighted by Crippen LogP contribution is -2.43. The summed E-state index contributed by atoms with van der Waals surface area (Å²) in [5.74, 6) is 0. The first-order chi connectivity index (χ1) is 8.20. The topological polar surface area (TPSA) is 28.2 Å². The predicted molar refractivity (Wildman–Crippen MR) is 73.5 cm³/mol. The van der Waals surface area contributed by atoms with Crippen molar-refractivity contribution in [2.45, 2.75) is 45.7 Å². The summed E-state index contributed by atoms with van der Waals surface area (Å²) in [4.78, 5) is 8.38. The van der Waals surface area contributed by atoms with Gasteiger partial charge in [-0.3, -0.25) is 4.90 Å². The third-order valence-corrected chi connectivity index (χ3v) is 4.65. The number of hydrogen-bond acceptors (Lipinski definition) is 4. The van der Waals surface area contributed by atoms with Crippen LogP contribution in [0.15, 0.2) is 6.20 Å². The average molecular weight is 253 g/mol. The van der Waals surface area contributed by atoms with Crippen molar-refractivity contribution in [1.82, 2.24) is 15.2 Å². The number of aryl methyl sites for hydroxylation is 1. The molecular formula is C13H23N3S. The number of hydrogen-bond donors (Lipinski definition) is 1. The molecule has 0 aliphatic carbocycles. The molecule has 1 atom stereocenters. The summed E-state index contributed by atoms with van der Waals surface area (Å²) < 4.78 is 0. The number of nitrogens with zero attached hydrogens (tertiary/aromatic N) is 2. The van der Waals surface area contributed by atoms with Crippen LogP contribution in [0.5, 0.6) is 0 Å². The molecule has 1 aromatic rings. The Balaban J connectivity index is 1.88. The van der Waals surface area contributed by atoms with Gasteiger partial charge in [-0.25, -0.2) is 4.98 Å². The molecule has 0 saturated carbocycles. The van der Waals surface area contributed by atoms with Crippen LogP contribution in [-0.2, 0) is 0 Å². The third kappa shape index (κ3) is 3.27. The molecule has 1 fully saturated rings. The Morgan fingerprint density at radius 1 is 1.53 bits per heavy atom. The van der Waals surface area contributed by atoms with Gasteiger partial charge in [0.15, 0.2) is 0 Å². The van der Waals surface area contributed by atoms with Crippen molar-refractivity contribution in [3.8, 4) is 0 Å². The quantitative estimate of drug-likeness (QED) is 0.894. The molecule has 2 rings (SSSR count). The highest BCUT2D eigenvalue weighted by Gasteiger charge is 2.24. The number of nitrogens with one attached hydrogen (secondary N) is 1. The summed E-state index contributed by atoms with van der Waals surface area (Å²) in [6.45, 7) is 10.1. The Morgan fingerprint density at radius 2 is 2.24 bits per heavy atom. The van der Waals surface area contributed by atoms with E-state index in [1.807, 2.05) is 17.5 Å². The highest BCUT2D eigenvalue weighted by Crippen LogP contribution is 2.27. The first-order valence-electron chi connectivity index (χ1n) is 6.60. The zero-order chi connectivity index (χ0) is 12.3. The van der Waals surface area contributed by atoms with E-state index in [1.54, 1.807) is 0 Å². The van der Waals surface area contributed by atoms with Crippen LogP contribution in [0.1, 0.15) is 42.6 Å². The van der Waals surface area contributed by atoms with Crippen LogP contribution < -0.4 is 5.32 Å². The molecule has 4 heteroatoms. The van der Waals surface area contributed by atoms with Crippen LogP contribution in [0.3, 0.4) is 0 Å². The van der Waals surface area contributed by atoms with Crippen LogP contribution in [0.25, 0.3) is 0 Å². The number of likely N-dealkylation sites (tertiary alicyclic amines) is 1. The number of aromatic nitrogens is 1. The van der Waals surface area contributed by atoms with Gasteiger partial charge in [-0.05, 0) is 33.2 Å². The maximum atomic E-state index is 4.51. The molecule has 3 nitrogen and oxygen atoms in total. The van der Waals surface area contributed by atoms with Crippen LogP contribution in [-0.4, -0.2) is 35.6 Å². The molecule has 0 amide bonds. The van der Waals surface area contributed by atoms with Crippen molar-refractivity contribution in [2.24, 2.45) is 0 Å². The Morgan fingerprint density at radius 3 is 2.76 bits per heavy atom. The molecule has 17 heavy (non-hydrogen) atoms. The second-order valence-electron chi connectivity index (χ2n) is 4.85. The van der Waals surface area contributed by atoms with Gasteiger partial charge in [0.05, 0.1) is 6.04 Å². The van der Waals surface area contributed by atoms with Crippen molar-refractivity contribution in [2.75, 3.05) is 19.6 Å². The van der Waals surface area contributed by atoms with E-state index in [2.05, 4.69) is 36.0 Å². The normalized spacial score (nSPS) is 20.6. The highest BCUT2D eigenvalue weighted by molar-refractivity contribution is 7.11. The number of rotatable bonds is 4. The van der Waals surface area contributed by atoms with Crippen LogP contribution in [0, 0.1) is 6.92 Å². The van der Waals surface area contributed by atoms with E-state index in [9.17, 15) is 0 Å². The molecule has 0 bridgehead atoms. The predicted octanol–water partition coefficient (Wildman–Crippen LogP) is 2.59. The van der Waals surface area contributed by atoms with Gasteiger partial charge >= 0.3 is 0 Å². The second-order valence-corrected chi connectivity index (χ2v) is 6.12. The van der Waals surface area contributed by atoms with Gasteiger partial charge in [-0.2, -0.15) is 0 Å². The smallest absolute Gasteiger partial charge is 0.110 e. The van der Waals surface area contributed by atoms with E-state index in [1.165, 1.54) is 35.8 Å². The minimum Gasteiger partial charge on any atom is -0.314 e. The van der Waals surface area contributed by atoms with Gasteiger partial charge in [0.25, 0.3) is 0 Å². The van der Waals surface area contributed by atoms with Crippen LogP contribution in [0.4, 0.5) is 0 Å². The van der Waals surface area contributed by atoms with Crippen molar-refractivity contribution < 1.29 is 0 Å². The second kappa shape index (κ2) is 5.94. The maximum Gasteiger partial charge on any atom is 0.110 e. The van der Waals surface area contributed by atoms with E-state index in [4.69, 9.17) is 0 Å². The van der Waals surface area contributed by atoms with E-state index in [0.717, 1.165) is 12.6 Å². The van der Waals surface area contributed by atoms with E-state index < -0.39 is 0 Å². The molecule has 1 unspecified atom stereocenters. The molecule has 1 saturated heterocycles. The minimum atomic E-state index is 0.483. The van der Waals surface area contributed by atoms with Gasteiger partial charge in [0.2, 0.25) is 0 Å². The van der Waals surface area contributed by atoms with E-state index >= 15 is 0 Å². The molecule has 2 heterocycles. The molecule has 1 N–H and O–H groups in total. The Bertz CT molecular complexity index is 342. The first-order valence-corrected chi connectivity index (χ1v) is 7.42. The number of thiazole rings is 1. The largest absolute Gasteiger partial charge is 0.314 e. The van der Waals surface area contributed by atoms with Gasteiger partial charge in [-0.15, -0.1) is 11.3 Å². The van der Waals surface area contributed by atoms with Crippen molar-refractivity contribution >= 4 is 11.3 Å². The maximum absolute atomic E-state index is 4.51. The first kappa shape index (κ1) is 13.0. The molecule has 1 aliphatic heterocycles. The molecule has 1 aromatic heterocycles. The van der Waals surface area contributed by atoms with Crippen molar-refractivity contribution in [3.05, 3.63) is 16.1 Å². The summed E-state index contributed by atoms with van der Waals surface area (Å²) in [6, 6.07) is 1.21. The SMILES string of the molecule is CCNC1CCN(C(C)c2ncc(C)s2)CC1. The highest BCUT2D eigenvalue weighted by atomic mass is 32.1. The lowest BCUT2D eigenvalue weighted by molar-refractivity contribution is 0.153. The fraction of sp³-hybridized carbons (Fsp3) is 0.769. The molecule has 0 radical (unpaired) electrons. The molecule has 1 aliphatic rings. The summed E-state index contributed by atoms with van der Waals surface area (Å²) in [5, 5.41) is 4.82. The van der Waals surface area contributed by atoms with Gasteiger partial charge in [0.1, 0.15) is 5.01 Å². The minimum absolute atomic E-state index is 0.483. The zero-order valence-corrected chi connectivity index (χ0v) is 11.9. The fourth-order valence-electron chi connectivity index (χ4n) is 2.50. The lowest BCUT2D eigenvalue weighted by Gasteiger charge is -2.35. The van der Waals surface area contributed by atoms with Gasteiger partial charge < -0.3 is 5.32 Å². The van der Waals surface area contributed by atoms with E-state index in [-0.39, 0.29) is 0 Å². The molecule has 0 spiro atoms. The lowest BCUT2D eigenvalue weighted by atomic mass is 10.0. The summed E-state index contributed by atoms with van der Waals surface area (Å²) in [6.07, 6.45) is 4.52. The number of piperidine rings is 1. The Hall–Kier alpha value is -0.450. The fourth-order valence-corrected chi connectivity index (χ4v) is 3.36. The van der Waals surface area contributed by atoms with Gasteiger partial charge in [0, 0.05) is 30.2 Å². The van der Waals surface area contributed by atoms with Crippen LogP contribution in [0.2, 0.25) is 0 Å². The Kier molecular flexibility index (Phi) is 4.54. The van der Waals surface area contributed by atoms with Crippen LogP contribution >= 0.6 is 11.3 Å². The monoisotopic (exact) mass is 253 g/mol. The Labute approximate surface area is 108 Å². The molecule has 0 aromatic carbocycles. The van der Waals surface area contributed by atoms with E-state index in [0.29, 0.717) is 6.04 Å².